The predicted octanol–water partition coefficient (Wildman–Crippen LogP) is 6.27. The molecule has 4 rings (SSSR count). The third-order valence-electron chi connectivity index (χ3n) is 5.26. The van der Waals surface area contributed by atoms with Crippen molar-refractivity contribution in [3.63, 3.8) is 0 Å². The van der Waals surface area contributed by atoms with Crippen molar-refractivity contribution in [2.24, 2.45) is 5.73 Å². The first-order valence-electron chi connectivity index (χ1n) is 12.2. The molecule has 0 fully saturated rings. The molecular weight excluding hydrogens is 561 g/mol. The molecule has 0 aliphatic rings. The third kappa shape index (κ3) is 10.9. The number of aromatic nitrogens is 2. The highest BCUT2D eigenvalue weighted by molar-refractivity contribution is 5.85. The molecule has 0 unspecified atom stereocenters. The third-order valence-corrected chi connectivity index (χ3v) is 5.26. The zero-order chi connectivity index (χ0) is 27.7. The Balaban J connectivity index is 0.000000390. The molecule has 4 aromatic rings. The monoisotopic (exact) mass is 596 g/mol. The second kappa shape index (κ2) is 15.9. The number of nitrogens with two attached hydrogens (primary N) is 2. The van der Waals surface area contributed by atoms with Crippen LogP contribution in [0.1, 0.15) is 31.9 Å². The van der Waals surface area contributed by atoms with Crippen molar-refractivity contribution in [3.8, 4) is 0 Å². The number of carbonyl (C=O) groups excluding carboxylic acids is 1. The summed E-state index contributed by atoms with van der Waals surface area (Å²) in [6.45, 7) is 6.67. The van der Waals surface area contributed by atoms with E-state index in [1.165, 1.54) is 6.07 Å². The van der Waals surface area contributed by atoms with Crippen molar-refractivity contribution >= 4 is 59.3 Å². The summed E-state index contributed by atoms with van der Waals surface area (Å²) >= 11 is 0. The maximum absolute atomic E-state index is 13.6. The van der Waals surface area contributed by atoms with E-state index in [1.807, 2.05) is 69.3 Å². The van der Waals surface area contributed by atoms with E-state index in [2.05, 4.69) is 20.6 Å². The van der Waals surface area contributed by atoms with Crippen LogP contribution in [0.15, 0.2) is 60.7 Å². The Morgan fingerprint density at radius 2 is 1.55 bits per heavy atom. The van der Waals surface area contributed by atoms with E-state index in [1.54, 1.807) is 0 Å². The van der Waals surface area contributed by atoms with Gasteiger partial charge in [0.2, 0.25) is 5.95 Å². The zero-order valence-corrected chi connectivity index (χ0v) is 24.2. The molecule has 0 bridgehead atoms. The molecule has 0 atom stereocenters. The van der Waals surface area contributed by atoms with E-state index in [9.17, 15) is 13.6 Å². The molecule has 3 aromatic carbocycles. The van der Waals surface area contributed by atoms with Gasteiger partial charge in [-0.05, 0) is 87.7 Å². The number of amides is 1. The highest BCUT2D eigenvalue weighted by Gasteiger charge is 2.15. The van der Waals surface area contributed by atoms with E-state index >= 15 is 0 Å². The smallest absolute Gasteiger partial charge is 0.407 e. The fourth-order valence-electron chi connectivity index (χ4n) is 3.44. The molecule has 8 nitrogen and oxygen atoms in total. The van der Waals surface area contributed by atoms with E-state index < -0.39 is 17.2 Å². The van der Waals surface area contributed by atoms with Crippen molar-refractivity contribution in [2.75, 3.05) is 24.1 Å². The number of halogens is 4. The van der Waals surface area contributed by atoms with E-state index in [0.29, 0.717) is 24.6 Å². The highest BCUT2D eigenvalue weighted by atomic mass is 35.5. The summed E-state index contributed by atoms with van der Waals surface area (Å²) in [5, 5.41) is 5.73. The molecule has 0 saturated carbocycles. The summed E-state index contributed by atoms with van der Waals surface area (Å²) in [7, 11) is 0. The molecule has 218 valence electrons. The van der Waals surface area contributed by atoms with Gasteiger partial charge in [-0.25, -0.2) is 18.6 Å². The number of benzene rings is 3. The lowest BCUT2D eigenvalue weighted by atomic mass is 10.1. The largest absolute Gasteiger partial charge is 0.444 e. The normalized spacial score (nSPS) is 10.4. The van der Waals surface area contributed by atoms with Gasteiger partial charge in [0.1, 0.15) is 11.1 Å². The molecular formula is C28H36Cl2F2N6O2. The number of imidazole rings is 1. The maximum Gasteiger partial charge on any atom is 0.407 e. The van der Waals surface area contributed by atoms with Gasteiger partial charge >= 0.3 is 6.09 Å². The molecule has 0 saturated heterocycles. The highest BCUT2D eigenvalue weighted by Crippen LogP contribution is 2.22. The van der Waals surface area contributed by atoms with Gasteiger partial charge in [0, 0.05) is 17.9 Å². The first-order chi connectivity index (χ1) is 18.0. The molecule has 7 N–H and O–H groups in total. The fraction of sp³-hybridized carbons (Fsp3) is 0.286. The predicted molar refractivity (Wildman–Crippen MR) is 162 cm³/mol. The number of nitrogen functional groups attached to an aromatic ring is 1. The van der Waals surface area contributed by atoms with Gasteiger partial charge in [-0.3, -0.25) is 0 Å². The number of nitrogens with zero attached hydrogens (tertiary/aromatic N) is 1. The van der Waals surface area contributed by atoms with Gasteiger partial charge in [0.05, 0.1) is 5.52 Å². The Kier molecular flexibility index (Phi) is 13.6. The van der Waals surface area contributed by atoms with Crippen LogP contribution in [0.3, 0.4) is 0 Å². The number of alkyl carbamates (subject to hydrolysis) is 1. The van der Waals surface area contributed by atoms with Crippen LogP contribution < -0.4 is 22.1 Å². The van der Waals surface area contributed by atoms with E-state index in [4.69, 9.17) is 16.2 Å². The van der Waals surface area contributed by atoms with Crippen LogP contribution in [-0.4, -0.2) is 34.8 Å². The van der Waals surface area contributed by atoms with Crippen LogP contribution in [-0.2, 0) is 17.6 Å². The average Bonchev–Trinajstić information content (AvgIpc) is 3.27. The van der Waals surface area contributed by atoms with Gasteiger partial charge in [0.15, 0.2) is 11.6 Å². The molecule has 0 aliphatic carbocycles. The van der Waals surface area contributed by atoms with Crippen molar-refractivity contribution in [2.45, 2.75) is 39.2 Å². The van der Waals surface area contributed by atoms with Gasteiger partial charge in [-0.15, -0.1) is 24.8 Å². The maximum atomic E-state index is 13.6. The Morgan fingerprint density at radius 3 is 2.15 bits per heavy atom. The summed E-state index contributed by atoms with van der Waals surface area (Å²) in [4.78, 5) is 18.3. The topological polar surface area (TPSA) is 131 Å². The lowest BCUT2D eigenvalue weighted by Gasteiger charge is -2.19. The van der Waals surface area contributed by atoms with Crippen LogP contribution in [0.2, 0.25) is 0 Å². The number of anilines is 3. The standard InChI is InChI=1S/C15H14F2N4.C13H20N2O2.2ClH/c16-11-5-6-12-14(13(11)17)21-15(20-12)19-10-3-1-9(2-4-10)7-8-18;1-13(2,3)17-12(16)15-9-8-10-4-6-11(14)7-5-10;;/h1-6H,7-8,18H2,(H2,19,20,21);4-7H,8-9,14H2,1-3H3,(H,15,16);2*1H. The summed E-state index contributed by atoms with van der Waals surface area (Å²) in [6.07, 6.45) is 1.20. The Bertz CT molecular complexity index is 1340. The molecule has 0 radical (unpaired) electrons. The van der Waals surface area contributed by atoms with Crippen LogP contribution in [0.5, 0.6) is 0 Å². The minimum Gasteiger partial charge on any atom is -0.444 e. The molecule has 1 amide bonds. The van der Waals surface area contributed by atoms with Crippen molar-refractivity contribution in [1.29, 1.82) is 0 Å². The van der Waals surface area contributed by atoms with E-state index in [0.717, 1.165) is 41.4 Å². The molecule has 0 aliphatic heterocycles. The minimum atomic E-state index is -0.949. The minimum absolute atomic E-state index is 0. The van der Waals surface area contributed by atoms with E-state index in [-0.39, 0.29) is 36.4 Å². The molecule has 12 heteroatoms. The molecule has 0 spiro atoms. The lowest BCUT2D eigenvalue weighted by Crippen LogP contribution is -2.33. The molecule has 1 aromatic heterocycles. The number of nitrogens with one attached hydrogen (secondary N) is 3. The van der Waals surface area contributed by atoms with Gasteiger partial charge in [-0.2, -0.15) is 0 Å². The number of carbonyl (C=O) groups is 1. The first-order valence-corrected chi connectivity index (χ1v) is 12.2. The fourth-order valence-corrected chi connectivity index (χ4v) is 3.44. The number of aromatic amines is 1. The van der Waals surface area contributed by atoms with Crippen LogP contribution in [0, 0.1) is 11.6 Å². The SMILES string of the molecule is CC(C)(C)OC(=O)NCCc1ccc(N)cc1.Cl.Cl.NCCc1ccc(Nc2nc3c(F)c(F)ccc3[nH]2)cc1. The molecule has 40 heavy (non-hydrogen) atoms. The quantitative estimate of drug-likeness (QED) is 0.160. The van der Waals surface area contributed by atoms with Gasteiger partial charge < -0.3 is 31.8 Å². The number of hydrogen-bond donors (Lipinski definition) is 5. The number of H-pyrrole nitrogens is 1. The lowest BCUT2D eigenvalue weighted by molar-refractivity contribution is 0.0528. The average molecular weight is 598 g/mol. The summed E-state index contributed by atoms with van der Waals surface area (Å²) in [6, 6.07) is 17.8. The number of ether oxygens (including phenoxy) is 1. The Labute approximate surface area is 245 Å². The number of fused-ring (bicyclic) bond motifs is 1. The van der Waals surface area contributed by atoms with Gasteiger partial charge in [0.25, 0.3) is 0 Å². The Morgan fingerprint density at radius 1 is 0.950 bits per heavy atom. The summed E-state index contributed by atoms with van der Waals surface area (Å²) in [5.41, 5.74) is 14.9. The van der Waals surface area contributed by atoms with Gasteiger partial charge in [-0.1, -0.05) is 24.3 Å². The zero-order valence-electron chi connectivity index (χ0n) is 22.6. The second-order valence-electron chi connectivity index (χ2n) is 9.62. The molecule has 1 heterocycles. The van der Waals surface area contributed by atoms with Crippen molar-refractivity contribution in [3.05, 3.63) is 83.4 Å². The summed E-state index contributed by atoms with van der Waals surface area (Å²) < 4.78 is 31.9. The summed E-state index contributed by atoms with van der Waals surface area (Å²) in [5.74, 6) is -1.50. The number of hydrogen-bond acceptors (Lipinski definition) is 6. The second-order valence-corrected chi connectivity index (χ2v) is 9.62. The van der Waals surface area contributed by atoms with Crippen LogP contribution in [0.25, 0.3) is 11.0 Å². The number of rotatable bonds is 7. The van der Waals surface area contributed by atoms with Crippen molar-refractivity contribution in [1.82, 2.24) is 15.3 Å². The van der Waals surface area contributed by atoms with Crippen molar-refractivity contribution < 1.29 is 18.3 Å². The first kappa shape index (κ1) is 34.4. The Hall–Kier alpha value is -3.60. The van der Waals surface area contributed by atoms with Crippen LogP contribution in [0.4, 0.5) is 30.9 Å². The van der Waals surface area contributed by atoms with Crippen LogP contribution >= 0.6 is 24.8 Å².